The predicted molar refractivity (Wildman–Crippen MR) is 75.1 cm³/mol. The Bertz CT molecular complexity index is 413. The van der Waals surface area contributed by atoms with Gasteiger partial charge in [-0.2, -0.15) is 13.2 Å². The van der Waals surface area contributed by atoms with E-state index in [1.807, 2.05) is 0 Å². The van der Waals surface area contributed by atoms with Crippen molar-refractivity contribution in [2.45, 2.75) is 31.5 Å². The van der Waals surface area contributed by atoms with E-state index in [0.29, 0.717) is 18.5 Å². The Hall–Kier alpha value is -0.980. The number of benzene rings is 1. The summed E-state index contributed by atoms with van der Waals surface area (Å²) >= 11 is 0. The summed E-state index contributed by atoms with van der Waals surface area (Å²) in [6, 6.07) is 3.05. The molecule has 1 aromatic carbocycles. The molecule has 0 saturated heterocycles. The van der Waals surface area contributed by atoms with Crippen LogP contribution in [0.3, 0.4) is 0 Å². The van der Waals surface area contributed by atoms with Crippen molar-refractivity contribution in [3.05, 3.63) is 29.3 Å². The molecule has 1 atom stereocenters. The van der Waals surface area contributed by atoms with E-state index in [4.69, 9.17) is 16.2 Å². The summed E-state index contributed by atoms with van der Waals surface area (Å²) < 4.78 is 42.8. The molecule has 0 spiro atoms. The Morgan fingerprint density at radius 1 is 1.25 bits per heavy atom. The summed E-state index contributed by atoms with van der Waals surface area (Å²) in [5, 5.41) is 0. The van der Waals surface area contributed by atoms with Crippen molar-refractivity contribution in [3.63, 3.8) is 0 Å². The zero-order chi connectivity index (χ0) is 14.5. The molecule has 0 fully saturated rings. The number of halogens is 4. The molecule has 20 heavy (non-hydrogen) atoms. The zero-order valence-electron chi connectivity index (χ0n) is 11.2. The number of unbranched alkanes of at least 4 members (excludes halogenated alkanes) is 1. The average Bonchev–Trinajstić information content (AvgIpc) is 2.37. The number of ether oxygens (including phenoxy) is 1. The molecule has 0 aromatic heterocycles. The Morgan fingerprint density at radius 2 is 1.90 bits per heavy atom. The number of hydrogen-bond acceptors (Lipinski definition) is 3. The molecule has 1 aromatic rings. The lowest BCUT2D eigenvalue weighted by atomic mass is 9.99. The number of methoxy groups -OCH3 is 1. The molecule has 0 saturated carbocycles. The molecule has 0 radical (unpaired) electrons. The van der Waals surface area contributed by atoms with Crippen LogP contribution in [0.15, 0.2) is 18.2 Å². The molecule has 0 aliphatic heterocycles. The first-order valence-electron chi connectivity index (χ1n) is 6.11. The van der Waals surface area contributed by atoms with E-state index in [0.717, 1.165) is 25.0 Å². The maximum atomic E-state index is 12.6. The standard InChI is InChI=1S/C13H19F3N2O.ClH/c1-19-12-8-9(13(14,15)16)5-6-10(12)11(18)4-2-3-7-17;/h5-6,8,11H,2-4,7,17-18H2,1H3;1H/t11-;/m1./s1. The molecule has 0 aliphatic rings. The van der Waals surface area contributed by atoms with Crippen LogP contribution in [-0.2, 0) is 6.18 Å². The lowest BCUT2D eigenvalue weighted by Gasteiger charge is -2.17. The lowest BCUT2D eigenvalue weighted by molar-refractivity contribution is -0.137. The highest BCUT2D eigenvalue weighted by molar-refractivity contribution is 5.85. The molecule has 7 heteroatoms. The van der Waals surface area contributed by atoms with Gasteiger partial charge in [0.15, 0.2) is 0 Å². The summed E-state index contributed by atoms with van der Waals surface area (Å²) in [6.45, 7) is 0.580. The second-order valence-electron chi connectivity index (χ2n) is 4.35. The molecule has 0 aliphatic carbocycles. The van der Waals surface area contributed by atoms with Gasteiger partial charge in [-0.1, -0.05) is 12.5 Å². The van der Waals surface area contributed by atoms with Crippen molar-refractivity contribution >= 4 is 12.4 Å². The summed E-state index contributed by atoms with van der Waals surface area (Å²) in [5.41, 5.74) is 11.2. The van der Waals surface area contributed by atoms with Crippen LogP contribution >= 0.6 is 12.4 Å². The maximum Gasteiger partial charge on any atom is 0.416 e. The fourth-order valence-corrected chi connectivity index (χ4v) is 1.86. The molecule has 0 unspecified atom stereocenters. The van der Waals surface area contributed by atoms with Crippen molar-refractivity contribution in [3.8, 4) is 5.75 Å². The van der Waals surface area contributed by atoms with Gasteiger partial charge in [-0.05, 0) is 31.5 Å². The molecular formula is C13H20ClF3N2O. The zero-order valence-corrected chi connectivity index (χ0v) is 12.1. The third kappa shape index (κ3) is 5.19. The van der Waals surface area contributed by atoms with Crippen LogP contribution in [0.4, 0.5) is 13.2 Å². The van der Waals surface area contributed by atoms with Gasteiger partial charge in [0.2, 0.25) is 0 Å². The Balaban J connectivity index is 0.00000361. The molecule has 1 rings (SSSR count). The summed E-state index contributed by atoms with van der Waals surface area (Å²) in [5.74, 6) is 0.176. The van der Waals surface area contributed by atoms with Gasteiger partial charge >= 0.3 is 6.18 Å². The second-order valence-corrected chi connectivity index (χ2v) is 4.35. The SMILES string of the molecule is COc1cc(C(F)(F)F)ccc1[C@H](N)CCCCN.Cl. The first-order chi connectivity index (χ1) is 8.90. The molecule has 0 amide bonds. The minimum absolute atomic E-state index is 0. The minimum Gasteiger partial charge on any atom is -0.496 e. The Labute approximate surface area is 122 Å². The van der Waals surface area contributed by atoms with Gasteiger partial charge in [-0.3, -0.25) is 0 Å². The lowest BCUT2D eigenvalue weighted by Crippen LogP contribution is -2.13. The van der Waals surface area contributed by atoms with E-state index in [9.17, 15) is 13.2 Å². The second kappa shape index (κ2) is 8.34. The third-order valence-electron chi connectivity index (χ3n) is 2.93. The van der Waals surface area contributed by atoms with Crippen LogP contribution < -0.4 is 16.2 Å². The van der Waals surface area contributed by atoms with Crippen LogP contribution in [0.1, 0.15) is 36.4 Å². The fourth-order valence-electron chi connectivity index (χ4n) is 1.86. The first-order valence-corrected chi connectivity index (χ1v) is 6.11. The largest absolute Gasteiger partial charge is 0.496 e. The Kier molecular flexibility index (Phi) is 7.93. The van der Waals surface area contributed by atoms with Crippen LogP contribution in [0, 0.1) is 0 Å². The van der Waals surface area contributed by atoms with Gasteiger partial charge in [0.25, 0.3) is 0 Å². The summed E-state index contributed by atoms with van der Waals surface area (Å²) in [7, 11) is 1.34. The first kappa shape index (κ1) is 19.0. The topological polar surface area (TPSA) is 61.3 Å². The van der Waals surface area contributed by atoms with Gasteiger partial charge in [0, 0.05) is 11.6 Å². The number of nitrogens with two attached hydrogens (primary N) is 2. The van der Waals surface area contributed by atoms with Crippen LogP contribution in [0.25, 0.3) is 0 Å². The van der Waals surface area contributed by atoms with Crippen LogP contribution in [0.5, 0.6) is 5.75 Å². The summed E-state index contributed by atoms with van der Waals surface area (Å²) in [6.07, 6.45) is -2.03. The number of alkyl halides is 3. The summed E-state index contributed by atoms with van der Waals surface area (Å²) in [4.78, 5) is 0. The van der Waals surface area contributed by atoms with E-state index in [-0.39, 0.29) is 24.2 Å². The van der Waals surface area contributed by atoms with Crippen molar-refractivity contribution in [2.24, 2.45) is 11.5 Å². The monoisotopic (exact) mass is 312 g/mol. The van der Waals surface area contributed by atoms with E-state index >= 15 is 0 Å². The highest BCUT2D eigenvalue weighted by Crippen LogP contribution is 2.35. The molecule has 4 N–H and O–H groups in total. The third-order valence-corrected chi connectivity index (χ3v) is 2.93. The molecular weight excluding hydrogens is 293 g/mol. The van der Waals surface area contributed by atoms with Gasteiger partial charge < -0.3 is 16.2 Å². The number of rotatable bonds is 6. The molecule has 0 bridgehead atoms. The van der Waals surface area contributed by atoms with Crippen molar-refractivity contribution in [1.82, 2.24) is 0 Å². The number of hydrogen-bond donors (Lipinski definition) is 2. The van der Waals surface area contributed by atoms with Gasteiger partial charge in [-0.25, -0.2) is 0 Å². The van der Waals surface area contributed by atoms with Gasteiger partial charge in [0.05, 0.1) is 12.7 Å². The van der Waals surface area contributed by atoms with E-state index < -0.39 is 11.7 Å². The van der Waals surface area contributed by atoms with Gasteiger partial charge in [0.1, 0.15) is 5.75 Å². The van der Waals surface area contributed by atoms with Crippen LogP contribution in [-0.4, -0.2) is 13.7 Å². The highest BCUT2D eigenvalue weighted by Gasteiger charge is 2.31. The fraction of sp³-hybridized carbons (Fsp3) is 0.538. The van der Waals surface area contributed by atoms with Crippen molar-refractivity contribution in [1.29, 1.82) is 0 Å². The van der Waals surface area contributed by atoms with Crippen LogP contribution in [0.2, 0.25) is 0 Å². The van der Waals surface area contributed by atoms with Crippen molar-refractivity contribution < 1.29 is 17.9 Å². The van der Waals surface area contributed by atoms with Gasteiger partial charge in [-0.15, -0.1) is 12.4 Å². The predicted octanol–water partition coefficient (Wildman–Crippen LogP) is 3.26. The van der Waals surface area contributed by atoms with E-state index in [2.05, 4.69) is 0 Å². The van der Waals surface area contributed by atoms with Crippen molar-refractivity contribution in [2.75, 3.05) is 13.7 Å². The smallest absolute Gasteiger partial charge is 0.416 e. The molecule has 0 heterocycles. The maximum absolute atomic E-state index is 12.6. The quantitative estimate of drug-likeness (QED) is 0.793. The van der Waals surface area contributed by atoms with E-state index in [1.165, 1.54) is 13.2 Å². The minimum atomic E-state index is -4.38. The molecule has 116 valence electrons. The molecule has 3 nitrogen and oxygen atoms in total. The highest BCUT2D eigenvalue weighted by atomic mass is 35.5. The van der Waals surface area contributed by atoms with E-state index in [1.54, 1.807) is 0 Å². The Morgan fingerprint density at radius 3 is 2.40 bits per heavy atom. The normalized spacial score (nSPS) is 12.7. The average molecular weight is 313 g/mol.